The monoisotopic (exact) mass is 598 g/mol. The number of esters is 3. The van der Waals surface area contributed by atoms with E-state index in [1.807, 2.05) is 12.3 Å². The quantitative estimate of drug-likeness (QED) is 0.247. The number of rotatable bonds is 6. The number of ether oxygens (including phenoxy) is 5. The van der Waals surface area contributed by atoms with Gasteiger partial charge in [-0.05, 0) is 55.6 Å². The molecule has 0 bridgehead atoms. The Hall–Kier alpha value is -2.65. The molecule has 3 aliphatic carbocycles. The van der Waals surface area contributed by atoms with Gasteiger partial charge in [0.05, 0.1) is 44.6 Å². The van der Waals surface area contributed by atoms with E-state index in [4.69, 9.17) is 28.1 Å². The van der Waals surface area contributed by atoms with E-state index < -0.39 is 34.4 Å². The van der Waals surface area contributed by atoms with Crippen molar-refractivity contribution in [2.45, 2.75) is 104 Å². The molecular formula is C34H46O9. The van der Waals surface area contributed by atoms with Crippen molar-refractivity contribution in [3.05, 3.63) is 35.8 Å². The van der Waals surface area contributed by atoms with E-state index in [0.717, 1.165) is 12.0 Å². The number of methoxy groups -OCH3 is 1. The normalized spacial score (nSPS) is 46.5. The van der Waals surface area contributed by atoms with E-state index in [1.54, 1.807) is 26.2 Å². The Bertz CT molecular complexity index is 1300. The van der Waals surface area contributed by atoms with Gasteiger partial charge in [0.25, 0.3) is 0 Å². The molecule has 0 aromatic carbocycles. The van der Waals surface area contributed by atoms with Gasteiger partial charge in [-0.1, -0.05) is 33.8 Å². The summed E-state index contributed by atoms with van der Waals surface area (Å²) in [7, 11) is 1.42. The summed E-state index contributed by atoms with van der Waals surface area (Å²) in [5.74, 6) is -0.928. The van der Waals surface area contributed by atoms with Crippen LogP contribution in [0.1, 0.15) is 79.2 Å². The van der Waals surface area contributed by atoms with Crippen molar-refractivity contribution in [3.63, 3.8) is 0 Å². The largest absolute Gasteiger partial charge is 0.472 e. The van der Waals surface area contributed by atoms with E-state index >= 15 is 0 Å². The summed E-state index contributed by atoms with van der Waals surface area (Å²) in [5.41, 5.74) is -0.101. The second kappa shape index (κ2) is 10.5. The number of fused-ring (bicyclic) bond motifs is 4. The summed E-state index contributed by atoms with van der Waals surface area (Å²) in [6.45, 7) is 14.2. The Kier molecular flexibility index (Phi) is 7.40. The minimum Gasteiger partial charge on any atom is -0.472 e. The first kappa shape index (κ1) is 30.4. The van der Waals surface area contributed by atoms with Crippen LogP contribution in [0.3, 0.4) is 0 Å². The molecule has 1 aromatic heterocycles. The molecule has 3 saturated carbocycles. The molecule has 2 aliphatic heterocycles. The van der Waals surface area contributed by atoms with Crippen molar-refractivity contribution in [2.75, 3.05) is 13.7 Å². The van der Waals surface area contributed by atoms with E-state index in [-0.39, 0.29) is 66.3 Å². The third kappa shape index (κ3) is 4.20. The van der Waals surface area contributed by atoms with Crippen molar-refractivity contribution in [3.8, 4) is 0 Å². The lowest BCUT2D eigenvalue weighted by Gasteiger charge is -2.66. The molecule has 0 unspecified atom stereocenters. The molecule has 5 aliphatic rings. The van der Waals surface area contributed by atoms with E-state index in [0.29, 0.717) is 18.6 Å². The Morgan fingerprint density at radius 1 is 1.07 bits per heavy atom. The zero-order chi connectivity index (χ0) is 31.1. The van der Waals surface area contributed by atoms with Crippen LogP contribution in [0.2, 0.25) is 0 Å². The number of furan rings is 1. The number of carbonyl (C=O) groups excluding carboxylic acids is 3. The van der Waals surface area contributed by atoms with Gasteiger partial charge in [-0.25, -0.2) is 4.79 Å². The summed E-state index contributed by atoms with van der Waals surface area (Å²) in [4.78, 5) is 39.1. The van der Waals surface area contributed by atoms with Crippen LogP contribution >= 0.6 is 0 Å². The molecule has 236 valence electrons. The Morgan fingerprint density at radius 3 is 2.44 bits per heavy atom. The smallest absolute Gasteiger partial charge is 0.333 e. The van der Waals surface area contributed by atoms with Gasteiger partial charge in [0.2, 0.25) is 0 Å². The summed E-state index contributed by atoms with van der Waals surface area (Å²) in [5, 5.41) is 0. The molecule has 9 nitrogen and oxygen atoms in total. The van der Waals surface area contributed by atoms with Gasteiger partial charge >= 0.3 is 17.9 Å². The molecule has 9 heteroatoms. The standard InChI is InChI=1S/C34H46O9/c1-9-17(2)31(37)43-25-14-24(41-19(4)35)32(5)16-40-28-29(32)33(25,6)23(13-26(36)38-8)34(7)27-18(3)21(20-10-11-39-15-20)12-22(27)42-30(28)34/h9-11,15,18,21-25,27-30H,12-14,16H2,1-8H3/b17-9+/t18-,21-,22-,23-,24-,25+,27-,28-,29+,30-,32-,33+,34-/m1/s1. The fraction of sp³-hybridized carbons (Fsp3) is 0.735. The number of carbonyl (C=O) groups is 3. The molecule has 0 spiro atoms. The lowest BCUT2D eigenvalue weighted by molar-refractivity contribution is -0.258. The Balaban J connectivity index is 1.51. The fourth-order valence-corrected chi connectivity index (χ4v) is 10.7. The molecule has 0 radical (unpaired) electrons. The van der Waals surface area contributed by atoms with Crippen LogP contribution in [0.15, 0.2) is 34.7 Å². The zero-order valence-corrected chi connectivity index (χ0v) is 26.6. The lowest BCUT2D eigenvalue weighted by Crippen LogP contribution is -2.71. The average Bonchev–Trinajstić information content (AvgIpc) is 3.73. The van der Waals surface area contributed by atoms with Crippen LogP contribution in [0.5, 0.6) is 0 Å². The van der Waals surface area contributed by atoms with Crippen molar-refractivity contribution in [1.82, 2.24) is 0 Å². The lowest BCUT2D eigenvalue weighted by atomic mass is 9.39. The molecule has 13 atom stereocenters. The third-order valence-electron chi connectivity index (χ3n) is 12.6. The maximum absolute atomic E-state index is 13.4. The van der Waals surface area contributed by atoms with Gasteiger partial charge < -0.3 is 28.1 Å². The second-order valence-corrected chi connectivity index (χ2v) is 14.4. The van der Waals surface area contributed by atoms with Gasteiger partial charge in [-0.2, -0.15) is 0 Å². The molecule has 1 aromatic rings. The predicted molar refractivity (Wildman–Crippen MR) is 155 cm³/mol. The van der Waals surface area contributed by atoms with Gasteiger partial charge in [0.1, 0.15) is 12.2 Å². The highest BCUT2D eigenvalue weighted by molar-refractivity contribution is 5.87. The van der Waals surface area contributed by atoms with Crippen molar-refractivity contribution < 1.29 is 42.5 Å². The van der Waals surface area contributed by atoms with Crippen molar-refractivity contribution in [1.29, 1.82) is 0 Å². The summed E-state index contributed by atoms with van der Waals surface area (Å²) < 4.78 is 36.9. The molecule has 5 fully saturated rings. The Morgan fingerprint density at radius 2 is 1.81 bits per heavy atom. The van der Waals surface area contributed by atoms with Crippen LogP contribution in [0, 0.1) is 39.9 Å². The maximum atomic E-state index is 13.4. The number of allylic oxidation sites excluding steroid dienone is 1. The average molecular weight is 599 g/mol. The van der Waals surface area contributed by atoms with E-state index in [9.17, 15) is 14.4 Å². The molecule has 43 heavy (non-hydrogen) atoms. The number of hydrogen-bond acceptors (Lipinski definition) is 9. The van der Waals surface area contributed by atoms with Crippen LogP contribution in [0.4, 0.5) is 0 Å². The third-order valence-corrected chi connectivity index (χ3v) is 12.6. The van der Waals surface area contributed by atoms with Gasteiger partial charge in [0, 0.05) is 47.5 Å². The van der Waals surface area contributed by atoms with Crippen LogP contribution in [0.25, 0.3) is 0 Å². The van der Waals surface area contributed by atoms with Gasteiger partial charge in [0.15, 0.2) is 0 Å². The van der Waals surface area contributed by atoms with Crippen LogP contribution < -0.4 is 0 Å². The highest BCUT2D eigenvalue weighted by Crippen LogP contribution is 2.75. The minimum absolute atomic E-state index is 0.0280. The Labute approximate surface area is 254 Å². The van der Waals surface area contributed by atoms with Crippen LogP contribution in [-0.2, 0) is 38.1 Å². The molecular weight excluding hydrogens is 552 g/mol. The maximum Gasteiger partial charge on any atom is 0.333 e. The molecule has 0 amide bonds. The molecule has 3 heterocycles. The van der Waals surface area contributed by atoms with Crippen molar-refractivity contribution >= 4 is 17.9 Å². The van der Waals surface area contributed by atoms with Crippen molar-refractivity contribution in [2.24, 2.45) is 39.9 Å². The zero-order valence-electron chi connectivity index (χ0n) is 26.6. The predicted octanol–water partition coefficient (Wildman–Crippen LogP) is 5.23. The van der Waals surface area contributed by atoms with Gasteiger partial charge in [-0.3, -0.25) is 9.59 Å². The summed E-state index contributed by atoms with van der Waals surface area (Å²) in [6.07, 6.45) is 4.82. The first-order chi connectivity index (χ1) is 20.3. The van der Waals surface area contributed by atoms with E-state index in [1.165, 1.54) is 14.0 Å². The summed E-state index contributed by atoms with van der Waals surface area (Å²) in [6, 6.07) is 2.03. The van der Waals surface area contributed by atoms with Crippen LogP contribution in [-0.4, -0.2) is 62.1 Å². The minimum atomic E-state index is -0.707. The second-order valence-electron chi connectivity index (χ2n) is 14.4. The first-order valence-corrected chi connectivity index (χ1v) is 15.7. The highest BCUT2D eigenvalue weighted by atomic mass is 16.6. The van der Waals surface area contributed by atoms with Gasteiger partial charge in [-0.15, -0.1) is 0 Å². The first-order valence-electron chi connectivity index (χ1n) is 15.7. The molecule has 6 rings (SSSR count). The highest BCUT2D eigenvalue weighted by Gasteiger charge is 2.79. The topological polar surface area (TPSA) is 111 Å². The fourth-order valence-electron chi connectivity index (χ4n) is 10.7. The SMILES string of the molecule is C/C=C(\C)C(=O)O[C@H]1C[C@@H](OC(C)=O)[C@@]2(C)CO[C@H]3[C@H]4O[C@@H]5C[C@@H](c6ccoc6)[C@@H](C)[C@H]5[C@@]4(C)[C@H](CC(=O)OC)[C@]1(C)[C@@H]32. The molecule has 2 saturated heterocycles. The van der Waals surface area contributed by atoms with E-state index in [2.05, 4.69) is 27.7 Å². The number of hydrogen-bond donors (Lipinski definition) is 0. The summed E-state index contributed by atoms with van der Waals surface area (Å²) >= 11 is 0. The molecule has 0 N–H and O–H groups in total.